The van der Waals surface area contributed by atoms with Crippen molar-refractivity contribution in [3.05, 3.63) is 0 Å². The van der Waals surface area contributed by atoms with Gasteiger partial charge in [-0.3, -0.25) is 4.79 Å². The Balaban J connectivity index is 4.49. The van der Waals surface area contributed by atoms with Crippen molar-refractivity contribution in [2.24, 2.45) is 17.8 Å². The second-order valence-corrected chi connectivity index (χ2v) is 8.48. The highest BCUT2D eigenvalue weighted by atomic mass is 35.5. The highest BCUT2D eigenvalue weighted by Crippen LogP contribution is 2.33. The first-order valence-corrected chi connectivity index (χ1v) is 8.99. The molecule has 0 heterocycles. The molecular weight excluding hydrogens is 264 g/mol. The topological polar surface area (TPSA) is 26.3 Å². The van der Waals surface area contributed by atoms with Crippen LogP contribution in [0.2, 0.25) is 6.04 Å². The van der Waals surface area contributed by atoms with E-state index in [9.17, 15) is 4.79 Å². The van der Waals surface area contributed by atoms with Crippen molar-refractivity contribution >= 4 is 27.3 Å². The fraction of sp³-hybridized carbons (Fsp3) is 0.929. The van der Waals surface area contributed by atoms with Gasteiger partial charge in [0.25, 0.3) is 0 Å². The van der Waals surface area contributed by atoms with Gasteiger partial charge in [-0.25, -0.2) is 0 Å². The molecule has 0 aliphatic heterocycles. The first-order chi connectivity index (χ1) is 8.17. The lowest BCUT2D eigenvalue weighted by atomic mass is 9.89. The lowest BCUT2D eigenvalue weighted by molar-refractivity contribution is -0.138. The maximum Gasteiger partial charge on any atom is 0.313 e. The average Bonchev–Trinajstić information content (AvgIpc) is 2.13. The maximum absolute atomic E-state index is 12.2. The SMILES string of the molecule is CC(C)C[SiH2]OC(=O)C(Cl)(CC(C)C)CC(C)C. The quantitative estimate of drug-likeness (QED) is 0.503. The van der Waals surface area contributed by atoms with Crippen LogP contribution in [0.3, 0.4) is 0 Å². The standard InChI is InChI=1S/C14H29ClO2Si/c1-10(2)7-14(15,8-11(3)4)13(16)17-18-9-12(5)6/h10-12H,7-9,18H2,1-6H3. The van der Waals surface area contributed by atoms with E-state index < -0.39 is 14.6 Å². The third-order valence-corrected chi connectivity index (χ3v) is 5.08. The van der Waals surface area contributed by atoms with Gasteiger partial charge in [0.2, 0.25) is 9.76 Å². The number of hydrogen-bond donors (Lipinski definition) is 0. The van der Waals surface area contributed by atoms with Crippen LogP contribution in [-0.2, 0) is 9.22 Å². The van der Waals surface area contributed by atoms with E-state index in [2.05, 4.69) is 41.5 Å². The number of halogens is 1. The van der Waals surface area contributed by atoms with E-state index in [1.165, 1.54) is 0 Å². The second-order valence-electron chi connectivity index (χ2n) is 6.48. The summed E-state index contributed by atoms with van der Waals surface area (Å²) in [5.74, 6) is 1.23. The smallest absolute Gasteiger partial charge is 0.313 e. The molecule has 0 unspecified atom stereocenters. The minimum atomic E-state index is -0.813. The molecule has 0 atom stereocenters. The molecule has 0 aromatic heterocycles. The molecule has 0 aromatic rings. The Morgan fingerprint density at radius 2 is 1.50 bits per heavy atom. The van der Waals surface area contributed by atoms with Crippen LogP contribution in [0.4, 0.5) is 0 Å². The Morgan fingerprint density at radius 3 is 1.83 bits per heavy atom. The summed E-state index contributed by atoms with van der Waals surface area (Å²) in [4.78, 5) is 11.4. The third kappa shape index (κ3) is 7.42. The first kappa shape index (κ1) is 18.0. The van der Waals surface area contributed by atoms with Crippen LogP contribution in [0.1, 0.15) is 54.4 Å². The van der Waals surface area contributed by atoms with E-state index >= 15 is 0 Å². The van der Waals surface area contributed by atoms with Gasteiger partial charge in [-0.1, -0.05) is 41.5 Å². The molecule has 0 saturated carbocycles. The zero-order valence-corrected chi connectivity index (χ0v) is 14.9. The summed E-state index contributed by atoms with van der Waals surface area (Å²) in [5.41, 5.74) is 0. The van der Waals surface area contributed by atoms with Crippen molar-refractivity contribution < 1.29 is 9.22 Å². The summed E-state index contributed by atoms with van der Waals surface area (Å²) < 4.78 is 5.49. The molecule has 4 heteroatoms. The summed E-state index contributed by atoms with van der Waals surface area (Å²) in [6.45, 7) is 12.7. The van der Waals surface area contributed by atoms with Crippen LogP contribution in [-0.4, -0.2) is 20.6 Å². The van der Waals surface area contributed by atoms with Crippen LogP contribution in [0.15, 0.2) is 0 Å². The van der Waals surface area contributed by atoms with Crippen LogP contribution in [0, 0.1) is 17.8 Å². The van der Waals surface area contributed by atoms with E-state index in [1.807, 2.05) is 0 Å². The van der Waals surface area contributed by atoms with Gasteiger partial charge in [-0.15, -0.1) is 11.6 Å². The Hall–Kier alpha value is -0.0231. The maximum atomic E-state index is 12.2. The van der Waals surface area contributed by atoms with Crippen molar-refractivity contribution in [3.8, 4) is 0 Å². The van der Waals surface area contributed by atoms with Gasteiger partial charge in [0.1, 0.15) is 4.87 Å². The molecule has 0 bridgehead atoms. The van der Waals surface area contributed by atoms with Crippen LogP contribution in [0.5, 0.6) is 0 Å². The summed E-state index contributed by atoms with van der Waals surface area (Å²) in [5, 5.41) is 0. The van der Waals surface area contributed by atoms with Crippen molar-refractivity contribution in [1.29, 1.82) is 0 Å². The number of carbonyl (C=O) groups is 1. The van der Waals surface area contributed by atoms with Crippen molar-refractivity contribution in [2.75, 3.05) is 0 Å². The van der Waals surface area contributed by atoms with E-state index in [1.54, 1.807) is 0 Å². The number of carbonyl (C=O) groups excluding carboxylic acids is 1. The van der Waals surface area contributed by atoms with Crippen molar-refractivity contribution in [3.63, 3.8) is 0 Å². The Morgan fingerprint density at radius 1 is 1.06 bits per heavy atom. The Bertz CT molecular complexity index is 242. The molecule has 0 fully saturated rings. The van der Waals surface area contributed by atoms with E-state index in [-0.39, 0.29) is 5.97 Å². The third-order valence-electron chi connectivity index (χ3n) is 2.76. The molecule has 0 aliphatic rings. The van der Waals surface area contributed by atoms with Gasteiger partial charge < -0.3 is 4.43 Å². The molecule has 0 spiro atoms. The summed E-state index contributed by atoms with van der Waals surface area (Å²) in [7, 11) is -0.765. The average molecular weight is 293 g/mol. The monoisotopic (exact) mass is 292 g/mol. The number of alkyl halides is 1. The van der Waals surface area contributed by atoms with Gasteiger partial charge in [-0.2, -0.15) is 0 Å². The minimum absolute atomic E-state index is 0.182. The number of rotatable bonds is 8. The Labute approximate surface area is 120 Å². The van der Waals surface area contributed by atoms with Gasteiger partial charge in [-0.05, 0) is 36.6 Å². The molecule has 0 N–H and O–H groups in total. The summed E-state index contributed by atoms with van der Waals surface area (Å²) in [6.07, 6.45) is 1.39. The van der Waals surface area contributed by atoms with E-state index in [0.29, 0.717) is 30.6 Å². The van der Waals surface area contributed by atoms with Crippen molar-refractivity contribution in [2.45, 2.75) is 65.3 Å². The molecule has 2 nitrogen and oxygen atoms in total. The molecular formula is C14H29ClO2Si. The minimum Gasteiger partial charge on any atom is -0.524 e. The lowest BCUT2D eigenvalue weighted by Crippen LogP contribution is -2.38. The fourth-order valence-electron chi connectivity index (χ4n) is 2.06. The van der Waals surface area contributed by atoms with Gasteiger partial charge in [0.05, 0.1) is 0 Å². The predicted molar refractivity (Wildman–Crippen MR) is 81.8 cm³/mol. The van der Waals surface area contributed by atoms with Gasteiger partial charge in [0.15, 0.2) is 0 Å². The predicted octanol–water partition coefficient (Wildman–Crippen LogP) is 3.76. The largest absolute Gasteiger partial charge is 0.524 e. The molecule has 0 saturated heterocycles. The lowest BCUT2D eigenvalue weighted by Gasteiger charge is -2.28. The molecule has 0 amide bonds. The summed E-state index contributed by atoms with van der Waals surface area (Å²) >= 11 is 6.54. The zero-order valence-electron chi connectivity index (χ0n) is 12.8. The van der Waals surface area contributed by atoms with Crippen molar-refractivity contribution in [1.82, 2.24) is 0 Å². The molecule has 0 aromatic carbocycles. The number of hydrogen-bond acceptors (Lipinski definition) is 2. The molecule has 18 heavy (non-hydrogen) atoms. The highest BCUT2D eigenvalue weighted by molar-refractivity contribution is 6.38. The zero-order chi connectivity index (χ0) is 14.3. The Kier molecular flexibility index (Phi) is 8.20. The van der Waals surface area contributed by atoms with Crippen LogP contribution in [0.25, 0.3) is 0 Å². The molecule has 0 radical (unpaired) electrons. The first-order valence-electron chi connectivity index (χ1n) is 7.03. The second kappa shape index (κ2) is 8.21. The van der Waals surface area contributed by atoms with Crippen LogP contribution >= 0.6 is 11.6 Å². The molecule has 108 valence electrons. The normalized spacial score (nSPS) is 13.2. The van der Waals surface area contributed by atoms with E-state index in [0.717, 1.165) is 6.04 Å². The molecule has 0 rings (SSSR count). The van der Waals surface area contributed by atoms with E-state index in [4.69, 9.17) is 16.0 Å². The van der Waals surface area contributed by atoms with Gasteiger partial charge >= 0.3 is 5.97 Å². The fourth-order valence-corrected chi connectivity index (χ4v) is 3.88. The summed E-state index contributed by atoms with van der Waals surface area (Å²) in [6, 6.07) is 1.03. The van der Waals surface area contributed by atoms with Gasteiger partial charge in [0, 0.05) is 0 Å². The van der Waals surface area contributed by atoms with Crippen LogP contribution < -0.4 is 0 Å². The highest BCUT2D eigenvalue weighted by Gasteiger charge is 2.38. The molecule has 0 aliphatic carbocycles.